The van der Waals surface area contributed by atoms with E-state index < -0.39 is 34.6 Å². The topological polar surface area (TPSA) is 327 Å². The van der Waals surface area contributed by atoms with Gasteiger partial charge < -0.3 is 43.9 Å². The van der Waals surface area contributed by atoms with E-state index in [1.165, 1.54) is 15.7 Å². The lowest BCUT2D eigenvalue weighted by Gasteiger charge is -2.34. The van der Waals surface area contributed by atoms with Gasteiger partial charge in [0.25, 0.3) is 5.91 Å². The lowest BCUT2D eigenvalue weighted by atomic mass is 9.88. The Balaban J connectivity index is 0.000000142. The predicted octanol–water partition coefficient (Wildman–Crippen LogP) is 11.4. The maximum Gasteiger partial charge on any atom is 0.438 e. The molecule has 564 valence electrons. The number of hydrogen-bond donors (Lipinski definition) is 6. The monoisotopic (exact) mass is 1490 g/mol. The van der Waals surface area contributed by atoms with E-state index in [1.54, 1.807) is 101 Å². The van der Waals surface area contributed by atoms with Crippen LogP contribution in [0.3, 0.4) is 0 Å². The average Bonchev–Trinajstić information content (AvgIpc) is 1.53. The molecule has 10 atom stereocenters. The summed E-state index contributed by atoms with van der Waals surface area (Å²) < 4.78 is 60.4. The van der Waals surface area contributed by atoms with Crippen molar-refractivity contribution in [2.75, 3.05) is 26.3 Å². The Morgan fingerprint density at radius 2 is 1.04 bits per heavy atom. The molecule has 18 rings (SSSR count). The molecule has 0 bridgehead atoms. The predicted molar refractivity (Wildman–Crippen MR) is 398 cm³/mol. The number of nitrogens with one attached hydrogen (secondary N) is 5. The molecule has 8 aromatic heterocycles. The summed E-state index contributed by atoms with van der Waals surface area (Å²) in [5, 5.41) is 32.9. The largest absolute Gasteiger partial charge is 0.477 e. The first kappa shape index (κ1) is 72.8. The third kappa shape index (κ3) is 12.3. The molecule has 1 amide bonds. The van der Waals surface area contributed by atoms with E-state index in [9.17, 15) is 37.9 Å². The molecule has 0 radical (unpaired) electrons. The highest BCUT2D eigenvalue weighted by atomic mass is 35.5. The fourth-order valence-corrected chi connectivity index (χ4v) is 17.5. The summed E-state index contributed by atoms with van der Waals surface area (Å²) >= 11 is 0. The van der Waals surface area contributed by atoms with E-state index in [0.29, 0.717) is 101 Å². The van der Waals surface area contributed by atoms with Gasteiger partial charge in [0.1, 0.15) is 45.7 Å². The second-order valence-electron chi connectivity index (χ2n) is 30.0. The Labute approximate surface area is 622 Å². The number of rotatable bonds is 12. The molecular formula is C78H85ClF2N16O11. The Kier molecular flexibility index (Phi) is 18.7. The quantitative estimate of drug-likeness (QED) is 0.0662. The number of hydrogen-bond acceptors (Lipinski definition) is 15. The summed E-state index contributed by atoms with van der Waals surface area (Å²) in [5.74, 6) is -0.123. The lowest BCUT2D eigenvalue weighted by molar-refractivity contribution is 0.0185. The first-order valence-corrected chi connectivity index (χ1v) is 36.6. The molecule has 2 saturated heterocycles. The molecule has 6 aliphatic rings. The highest BCUT2D eigenvalue weighted by molar-refractivity contribution is 6.00. The fourth-order valence-electron chi connectivity index (χ4n) is 17.5. The number of carboxylic acids is 1. The molecular weight excluding hydrogens is 1410 g/mol. The van der Waals surface area contributed by atoms with E-state index in [4.69, 9.17) is 28.7 Å². The van der Waals surface area contributed by atoms with Crippen LogP contribution in [0.2, 0.25) is 0 Å². The van der Waals surface area contributed by atoms with Crippen molar-refractivity contribution in [1.29, 1.82) is 0 Å². The van der Waals surface area contributed by atoms with Crippen molar-refractivity contribution in [3.63, 3.8) is 0 Å². The summed E-state index contributed by atoms with van der Waals surface area (Å²) in [6.45, 7) is 21.8. The molecule has 4 aromatic carbocycles. The van der Waals surface area contributed by atoms with Gasteiger partial charge in [0.05, 0.1) is 41.0 Å². The van der Waals surface area contributed by atoms with Gasteiger partial charge in [-0.2, -0.15) is 10.2 Å². The fraction of sp³-hybridized carbons (Fsp3) is 0.410. The standard InChI is InChI=1S/C39H41FN8O5.C21H23N3O5.C18H20FN5O.ClH/c1-20-14-28(15-21(2)33(20)40)48-34(46-12-10-41-37(46)50)32-24(5)45(11-8-29(32)43-48)35(49)31-18-27-17-25(26-9-13-52-23(4)16-26)6-7-30(27)47(31)39(19-22(39)3)36-42-38(51)53-44-36;1-11-10-21(11,19-22-20(27)29-23-19)24-16-4-3-13(14-5-6-28-12(2)7-14)8-15(16)9-17(24)18(25)26;1-10-8-13(9-11(2)16(10)19)24-17(23-7-6-21-18(23)25)15-12(3)20-5-4-14(15)22-24;/h6-7,10,12,14-15,17-18,22-24,26H,8-9,11,13,16,19H2,1-5H3,(H,41,50)(H,42,44,51);3-4,8-9,11-12,14H,5-7,10H2,1-2H3,(H,25,26)(H,22,23,27);6-9,12,20H,4-5H2,1-3H3,(H,21,25);1H/t22-,23-,24-,26?,39-;11-,12-,14-,21-;12-;/m000./s1. The number of aryl methyl sites for hydroxylation is 4. The number of aromatic nitrogens is 14. The van der Waals surface area contributed by atoms with Crippen LogP contribution >= 0.6 is 12.4 Å². The molecule has 2 saturated carbocycles. The zero-order chi connectivity index (χ0) is 75.0. The normalized spacial score (nSPS) is 23.6. The Bertz CT molecular complexity index is 5730. The number of carbonyl (C=O) groups is 2. The van der Waals surface area contributed by atoms with Gasteiger partial charge in [0.15, 0.2) is 11.6 Å². The SMILES string of the molecule is C[C@H]1C[C@@H](c2ccc3c(c2)cc(C(=O)O)n3[C@@]2(c3noc(=O)[nH]3)C[C@@H]2C)CCO1.Cc1cc(-n2nc3c(c2-n2cc[nH]c2=O)[C@H](C)N(C(=O)c2cc4cc(C5CCO[C@@H](C)C5)ccc4n2[C@@]2(c4noc(=O)[nH]4)C[C@@H]2C)CC3)cc(C)c1F.Cc1cc(-n2nc3c(c2-n2cc[nH]c2=O)[C@H](C)NCC3)cc(C)c1F.Cl. The van der Waals surface area contributed by atoms with Crippen molar-refractivity contribution in [3.05, 3.63) is 230 Å². The molecule has 1 unspecified atom stereocenters. The molecule has 0 spiro atoms. The van der Waals surface area contributed by atoms with Gasteiger partial charge in [0.2, 0.25) is 0 Å². The zero-order valence-electron chi connectivity index (χ0n) is 61.5. The van der Waals surface area contributed by atoms with Crippen LogP contribution in [0.1, 0.15) is 193 Å². The van der Waals surface area contributed by atoms with E-state index in [-0.39, 0.29) is 77.1 Å². The minimum absolute atomic E-state index is 0. The average molecular weight is 1500 g/mol. The molecule has 108 heavy (non-hydrogen) atoms. The molecule has 12 heterocycles. The van der Waals surface area contributed by atoms with Gasteiger partial charge in [-0.3, -0.25) is 32.9 Å². The number of ether oxygens (including phenoxy) is 2. The number of carbonyl (C=O) groups excluding carboxylic acids is 1. The van der Waals surface area contributed by atoms with Crippen LogP contribution in [0.5, 0.6) is 0 Å². The molecule has 27 nitrogen and oxygen atoms in total. The van der Waals surface area contributed by atoms with Crippen LogP contribution < -0.4 is 28.2 Å². The number of H-pyrrole nitrogens is 4. The van der Waals surface area contributed by atoms with Crippen LogP contribution in [0.25, 0.3) is 44.8 Å². The van der Waals surface area contributed by atoms with E-state index in [0.717, 1.165) is 95.3 Å². The van der Waals surface area contributed by atoms with Crippen molar-refractivity contribution in [1.82, 2.24) is 78.3 Å². The summed E-state index contributed by atoms with van der Waals surface area (Å²) in [6, 6.07) is 22.8. The summed E-state index contributed by atoms with van der Waals surface area (Å²) in [5.41, 5.74) is 9.54. The van der Waals surface area contributed by atoms with Gasteiger partial charge in [-0.1, -0.05) is 36.3 Å². The minimum Gasteiger partial charge on any atom is -0.477 e. The van der Waals surface area contributed by atoms with Gasteiger partial charge in [0, 0.05) is 103 Å². The van der Waals surface area contributed by atoms with Crippen LogP contribution in [0, 0.1) is 51.2 Å². The number of amides is 1. The van der Waals surface area contributed by atoms with Crippen molar-refractivity contribution in [2.45, 2.75) is 168 Å². The Morgan fingerprint density at radius 1 is 0.593 bits per heavy atom. The molecule has 30 heteroatoms. The van der Waals surface area contributed by atoms with E-state index in [2.05, 4.69) is 93.6 Å². The first-order chi connectivity index (χ1) is 51.3. The van der Waals surface area contributed by atoms with Gasteiger partial charge in [-0.25, -0.2) is 42.1 Å². The summed E-state index contributed by atoms with van der Waals surface area (Å²) in [4.78, 5) is 89.2. The number of imidazole rings is 2. The van der Waals surface area contributed by atoms with Crippen LogP contribution in [-0.4, -0.2) is 128 Å². The smallest absolute Gasteiger partial charge is 0.438 e. The highest BCUT2D eigenvalue weighted by Gasteiger charge is 2.60. The number of nitrogens with zero attached hydrogens (tertiary/aromatic N) is 11. The van der Waals surface area contributed by atoms with Crippen molar-refractivity contribution in [3.8, 4) is 23.0 Å². The van der Waals surface area contributed by atoms with Gasteiger partial charge in [-0.05, 0) is 212 Å². The third-order valence-electron chi connectivity index (χ3n) is 23.1. The van der Waals surface area contributed by atoms with Gasteiger partial charge >= 0.3 is 28.9 Å². The van der Waals surface area contributed by atoms with Crippen molar-refractivity contribution < 1.29 is 42.0 Å². The van der Waals surface area contributed by atoms with Gasteiger partial charge in [-0.15, -0.1) is 12.4 Å². The lowest BCUT2D eigenvalue weighted by Crippen LogP contribution is -2.41. The highest BCUT2D eigenvalue weighted by Crippen LogP contribution is 2.57. The Hall–Kier alpha value is -10.8. The summed E-state index contributed by atoms with van der Waals surface area (Å²) in [6.07, 6.45) is 13.2. The van der Waals surface area contributed by atoms with Crippen LogP contribution in [0.4, 0.5) is 8.78 Å². The summed E-state index contributed by atoms with van der Waals surface area (Å²) in [7, 11) is 0. The molecule has 12 aromatic rings. The molecule has 4 aliphatic heterocycles. The third-order valence-corrected chi connectivity index (χ3v) is 23.1. The first-order valence-electron chi connectivity index (χ1n) is 36.6. The number of aromatic carboxylic acids is 1. The number of carboxylic acid groups (broad SMARTS) is 1. The number of halogens is 3. The Morgan fingerprint density at radius 3 is 1.45 bits per heavy atom. The molecule has 2 aliphatic carbocycles. The maximum atomic E-state index is 15.2. The maximum absolute atomic E-state index is 15.2. The van der Waals surface area contributed by atoms with E-state index >= 15 is 4.79 Å². The van der Waals surface area contributed by atoms with Crippen LogP contribution in [-0.2, 0) is 33.4 Å². The second kappa shape index (κ2) is 27.8. The van der Waals surface area contributed by atoms with Crippen molar-refractivity contribution >= 4 is 46.1 Å². The molecule has 6 N–H and O–H groups in total. The number of benzene rings is 4. The van der Waals surface area contributed by atoms with Crippen molar-refractivity contribution in [2.24, 2.45) is 11.8 Å². The number of fused-ring (bicyclic) bond motifs is 4. The van der Waals surface area contributed by atoms with E-state index in [1.807, 2.05) is 35.4 Å². The minimum atomic E-state index is -1.01. The second-order valence-corrected chi connectivity index (χ2v) is 30.0. The zero-order valence-corrected chi connectivity index (χ0v) is 62.3. The van der Waals surface area contributed by atoms with Crippen LogP contribution in [0.15, 0.2) is 126 Å². The number of aromatic amines is 4. The molecule has 4 fully saturated rings.